The molecule has 0 unspecified atom stereocenters. The van der Waals surface area contributed by atoms with Gasteiger partial charge >= 0.3 is 0 Å². The number of ether oxygens (including phenoxy) is 1. The molecular formula is C10H17N3O. The van der Waals surface area contributed by atoms with Crippen LogP contribution in [0, 0.1) is 6.92 Å². The summed E-state index contributed by atoms with van der Waals surface area (Å²) in [5, 5.41) is 0. The number of pyridine rings is 1. The first-order valence-corrected chi connectivity index (χ1v) is 4.60. The van der Waals surface area contributed by atoms with Gasteiger partial charge in [-0.05, 0) is 33.2 Å². The molecule has 0 aliphatic carbocycles. The van der Waals surface area contributed by atoms with Gasteiger partial charge in [-0.3, -0.25) is 0 Å². The zero-order chi connectivity index (χ0) is 10.6. The third kappa shape index (κ3) is 3.22. The molecule has 0 amide bonds. The van der Waals surface area contributed by atoms with Gasteiger partial charge in [-0.2, -0.15) is 0 Å². The maximum atomic E-state index is 5.69. The molecule has 0 atom stereocenters. The fraction of sp³-hybridized carbons (Fsp3) is 0.500. The molecule has 14 heavy (non-hydrogen) atoms. The van der Waals surface area contributed by atoms with Crippen LogP contribution in [0.5, 0.6) is 5.75 Å². The Balaban J connectivity index is 2.51. The zero-order valence-corrected chi connectivity index (χ0v) is 8.95. The molecule has 0 aliphatic rings. The summed E-state index contributed by atoms with van der Waals surface area (Å²) in [6.07, 6.45) is 0. The Kier molecular flexibility index (Phi) is 3.71. The molecule has 1 aromatic heterocycles. The van der Waals surface area contributed by atoms with Crippen molar-refractivity contribution in [3.05, 3.63) is 17.8 Å². The molecule has 4 heteroatoms. The first-order valence-electron chi connectivity index (χ1n) is 4.60. The fourth-order valence-corrected chi connectivity index (χ4v) is 1.02. The monoisotopic (exact) mass is 195 g/mol. The van der Waals surface area contributed by atoms with Crippen LogP contribution >= 0.6 is 0 Å². The van der Waals surface area contributed by atoms with Gasteiger partial charge in [-0.1, -0.05) is 0 Å². The van der Waals surface area contributed by atoms with Gasteiger partial charge in [0.15, 0.2) is 11.6 Å². The number of likely N-dealkylation sites (N-methyl/N-ethyl adjacent to an activating group) is 1. The standard InChI is InChI=1S/C10H17N3O/c1-8-4-5-9(10(11)12-8)14-7-6-13(2)3/h4-5H,6-7H2,1-3H3,(H2,11,12). The molecule has 0 spiro atoms. The highest BCUT2D eigenvalue weighted by atomic mass is 16.5. The van der Waals surface area contributed by atoms with E-state index in [1.807, 2.05) is 33.2 Å². The number of aromatic nitrogens is 1. The Labute approximate surface area is 84.7 Å². The van der Waals surface area contributed by atoms with Crippen molar-refractivity contribution >= 4 is 5.82 Å². The van der Waals surface area contributed by atoms with Gasteiger partial charge in [0.25, 0.3) is 0 Å². The molecule has 2 N–H and O–H groups in total. The summed E-state index contributed by atoms with van der Waals surface area (Å²) in [5.74, 6) is 1.13. The van der Waals surface area contributed by atoms with Crippen LogP contribution in [0.3, 0.4) is 0 Å². The number of nitrogens with two attached hydrogens (primary N) is 1. The average Bonchev–Trinajstić information content (AvgIpc) is 2.08. The Bertz CT molecular complexity index is 299. The number of anilines is 1. The normalized spacial score (nSPS) is 10.6. The number of hydrogen-bond acceptors (Lipinski definition) is 4. The van der Waals surface area contributed by atoms with Gasteiger partial charge in [0.1, 0.15) is 6.61 Å². The molecule has 1 heterocycles. The number of aryl methyl sites for hydroxylation is 1. The lowest BCUT2D eigenvalue weighted by molar-refractivity contribution is 0.262. The minimum atomic E-state index is 0.462. The summed E-state index contributed by atoms with van der Waals surface area (Å²) in [6.45, 7) is 3.40. The molecular weight excluding hydrogens is 178 g/mol. The molecule has 0 saturated carbocycles. The van der Waals surface area contributed by atoms with Crippen LogP contribution in [0.25, 0.3) is 0 Å². The van der Waals surface area contributed by atoms with Gasteiger partial charge < -0.3 is 15.4 Å². The van der Waals surface area contributed by atoms with E-state index < -0.39 is 0 Å². The van der Waals surface area contributed by atoms with Gasteiger partial charge in [0.05, 0.1) is 0 Å². The fourth-order valence-electron chi connectivity index (χ4n) is 1.02. The minimum Gasteiger partial charge on any atom is -0.488 e. The lowest BCUT2D eigenvalue weighted by Crippen LogP contribution is -2.19. The third-order valence-corrected chi connectivity index (χ3v) is 1.82. The molecule has 0 bridgehead atoms. The third-order valence-electron chi connectivity index (χ3n) is 1.82. The average molecular weight is 195 g/mol. The second-order valence-corrected chi connectivity index (χ2v) is 3.49. The highest BCUT2D eigenvalue weighted by molar-refractivity contribution is 5.46. The summed E-state index contributed by atoms with van der Waals surface area (Å²) in [6, 6.07) is 3.74. The van der Waals surface area contributed by atoms with Crippen molar-refractivity contribution in [1.29, 1.82) is 0 Å². The Morgan fingerprint density at radius 2 is 2.14 bits per heavy atom. The lowest BCUT2D eigenvalue weighted by Gasteiger charge is -2.12. The maximum Gasteiger partial charge on any atom is 0.166 e. The summed E-state index contributed by atoms with van der Waals surface area (Å²) in [7, 11) is 4.00. The van der Waals surface area contributed by atoms with Crippen molar-refractivity contribution in [2.24, 2.45) is 0 Å². The van der Waals surface area contributed by atoms with E-state index in [1.165, 1.54) is 0 Å². The Hall–Kier alpha value is -1.29. The van der Waals surface area contributed by atoms with E-state index in [4.69, 9.17) is 10.5 Å². The predicted molar refractivity (Wildman–Crippen MR) is 57.4 cm³/mol. The summed E-state index contributed by atoms with van der Waals surface area (Å²) in [4.78, 5) is 6.16. The highest BCUT2D eigenvalue weighted by Gasteiger charge is 2.01. The topological polar surface area (TPSA) is 51.4 Å². The Morgan fingerprint density at radius 1 is 1.43 bits per heavy atom. The predicted octanol–water partition coefficient (Wildman–Crippen LogP) is 0.913. The number of nitrogens with zero attached hydrogens (tertiary/aromatic N) is 2. The molecule has 0 aliphatic heterocycles. The van der Waals surface area contributed by atoms with Crippen molar-refractivity contribution < 1.29 is 4.74 Å². The second-order valence-electron chi connectivity index (χ2n) is 3.49. The van der Waals surface area contributed by atoms with Crippen LogP contribution < -0.4 is 10.5 Å². The largest absolute Gasteiger partial charge is 0.488 e. The Morgan fingerprint density at radius 3 is 2.71 bits per heavy atom. The first-order chi connectivity index (χ1) is 6.59. The first kappa shape index (κ1) is 10.8. The smallest absolute Gasteiger partial charge is 0.166 e. The van der Waals surface area contributed by atoms with Crippen LogP contribution in [0.1, 0.15) is 5.69 Å². The van der Waals surface area contributed by atoms with Gasteiger partial charge in [0.2, 0.25) is 0 Å². The van der Waals surface area contributed by atoms with Crippen LogP contribution in [-0.4, -0.2) is 37.1 Å². The molecule has 1 aromatic rings. The van der Waals surface area contributed by atoms with Crippen LogP contribution in [0.2, 0.25) is 0 Å². The van der Waals surface area contributed by atoms with E-state index in [1.54, 1.807) is 0 Å². The van der Waals surface area contributed by atoms with Crippen LogP contribution in [0.15, 0.2) is 12.1 Å². The SMILES string of the molecule is Cc1ccc(OCCN(C)C)c(N)n1. The van der Waals surface area contributed by atoms with E-state index in [0.717, 1.165) is 12.2 Å². The molecule has 1 rings (SSSR count). The number of nitrogen functional groups attached to an aromatic ring is 1. The van der Waals surface area contributed by atoms with Crippen molar-refractivity contribution in [3.63, 3.8) is 0 Å². The second kappa shape index (κ2) is 4.81. The quantitative estimate of drug-likeness (QED) is 0.776. The number of rotatable bonds is 4. The number of hydrogen-bond donors (Lipinski definition) is 1. The maximum absolute atomic E-state index is 5.69. The molecule has 0 fully saturated rings. The van der Waals surface area contributed by atoms with Crippen LogP contribution in [0.4, 0.5) is 5.82 Å². The van der Waals surface area contributed by atoms with E-state index >= 15 is 0 Å². The highest BCUT2D eigenvalue weighted by Crippen LogP contribution is 2.18. The molecule has 78 valence electrons. The van der Waals surface area contributed by atoms with Gasteiger partial charge in [0, 0.05) is 12.2 Å². The van der Waals surface area contributed by atoms with Crippen molar-refractivity contribution in [2.45, 2.75) is 6.92 Å². The van der Waals surface area contributed by atoms with E-state index in [2.05, 4.69) is 9.88 Å². The van der Waals surface area contributed by atoms with E-state index in [9.17, 15) is 0 Å². The molecule has 4 nitrogen and oxygen atoms in total. The summed E-state index contributed by atoms with van der Waals surface area (Å²) in [5.41, 5.74) is 6.59. The van der Waals surface area contributed by atoms with Crippen molar-refractivity contribution in [1.82, 2.24) is 9.88 Å². The van der Waals surface area contributed by atoms with E-state index in [-0.39, 0.29) is 0 Å². The van der Waals surface area contributed by atoms with Crippen LogP contribution in [-0.2, 0) is 0 Å². The molecule has 0 radical (unpaired) electrons. The molecule has 0 aromatic carbocycles. The van der Waals surface area contributed by atoms with E-state index in [0.29, 0.717) is 18.2 Å². The molecule has 0 saturated heterocycles. The minimum absolute atomic E-state index is 0.462. The van der Waals surface area contributed by atoms with Crippen molar-refractivity contribution in [3.8, 4) is 5.75 Å². The van der Waals surface area contributed by atoms with Gasteiger partial charge in [-0.25, -0.2) is 4.98 Å². The zero-order valence-electron chi connectivity index (χ0n) is 8.95. The van der Waals surface area contributed by atoms with Gasteiger partial charge in [-0.15, -0.1) is 0 Å². The summed E-state index contributed by atoms with van der Waals surface area (Å²) < 4.78 is 5.47. The lowest BCUT2D eigenvalue weighted by atomic mass is 10.3. The summed E-state index contributed by atoms with van der Waals surface area (Å²) >= 11 is 0. The van der Waals surface area contributed by atoms with Crippen molar-refractivity contribution in [2.75, 3.05) is 33.0 Å².